The van der Waals surface area contributed by atoms with Crippen LogP contribution in [0.1, 0.15) is 35.2 Å². The molecule has 4 aliphatic heterocycles. The molecule has 2 atom stereocenters. The van der Waals surface area contributed by atoms with Crippen molar-refractivity contribution in [2.75, 3.05) is 40.0 Å². The van der Waals surface area contributed by atoms with Crippen molar-refractivity contribution < 1.29 is 33.3 Å². The van der Waals surface area contributed by atoms with Gasteiger partial charge >= 0.3 is 0 Å². The fourth-order valence-electron chi connectivity index (χ4n) is 5.95. The fraction of sp³-hybridized carbons (Fsp3) is 0.382. The van der Waals surface area contributed by atoms with Crippen LogP contribution in [0.15, 0.2) is 66.7 Å². The molecule has 2 N–H and O–H groups in total. The minimum atomic E-state index is -0.438. The molecule has 2 fully saturated rings. The summed E-state index contributed by atoms with van der Waals surface area (Å²) in [4.78, 5) is 41.6. The van der Waals surface area contributed by atoms with Gasteiger partial charge in [-0.3, -0.25) is 14.4 Å². The topological polar surface area (TPSA) is 115 Å². The Hall–Kier alpha value is -4.57. The van der Waals surface area contributed by atoms with Crippen LogP contribution in [0.25, 0.3) is 11.1 Å². The van der Waals surface area contributed by atoms with Crippen LogP contribution < -0.4 is 24.8 Å². The summed E-state index contributed by atoms with van der Waals surface area (Å²) in [5.74, 6) is 1.27. The molecular formula is C34H37N3O7. The van der Waals surface area contributed by atoms with Crippen molar-refractivity contribution in [2.45, 2.75) is 38.0 Å². The highest BCUT2D eigenvalue weighted by Crippen LogP contribution is 2.33. The van der Waals surface area contributed by atoms with Gasteiger partial charge in [-0.2, -0.15) is 0 Å². The number of nitrogens with one attached hydrogen (secondary N) is 2. The second-order valence-corrected chi connectivity index (χ2v) is 11.3. The van der Waals surface area contributed by atoms with Crippen molar-refractivity contribution in [3.63, 3.8) is 0 Å². The summed E-state index contributed by atoms with van der Waals surface area (Å²) in [6, 6.07) is 19.6. The highest BCUT2D eigenvalue weighted by atomic mass is 16.5. The van der Waals surface area contributed by atoms with Crippen molar-refractivity contribution in [1.82, 2.24) is 15.5 Å². The van der Waals surface area contributed by atoms with Crippen molar-refractivity contribution >= 4 is 17.7 Å². The van der Waals surface area contributed by atoms with E-state index in [9.17, 15) is 14.4 Å². The molecule has 10 nitrogen and oxygen atoms in total. The number of methoxy groups -OCH3 is 1. The largest absolute Gasteiger partial charge is 0.496 e. The Morgan fingerprint density at radius 2 is 1.75 bits per heavy atom. The van der Waals surface area contributed by atoms with E-state index in [-0.39, 0.29) is 36.4 Å². The number of benzene rings is 3. The maximum Gasteiger partial charge on any atom is 0.258 e. The molecule has 3 aromatic rings. The molecule has 0 saturated carbocycles. The summed E-state index contributed by atoms with van der Waals surface area (Å²) in [7, 11) is 1.58. The van der Waals surface area contributed by atoms with Crippen LogP contribution in [0, 0.1) is 5.92 Å². The van der Waals surface area contributed by atoms with Gasteiger partial charge in [-0.15, -0.1) is 0 Å². The summed E-state index contributed by atoms with van der Waals surface area (Å²) in [6.45, 7) is 2.27. The van der Waals surface area contributed by atoms with Crippen LogP contribution >= 0.6 is 0 Å². The van der Waals surface area contributed by atoms with E-state index in [4.69, 9.17) is 18.9 Å². The highest BCUT2D eigenvalue weighted by Gasteiger charge is 2.37. The number of hydrogen-bond donors (Lipinski definition) is 2. The van der Waals surface area contributed by atoms with Crippen LogP contribution in [0.4, 0.5) is 0 Å². The third-order valence-corrected chi connectivity index (χ3v) is 8.43. The Bertz CT molecular complexity index is 1500. The average Bonchev–Trinajstić information content (AvgIpc) is 3.07. The van der Waals surface area contributed by atoms with Gasteiger partial charge in [0.25, 0.3) is 11.8 Å². The number of carbonyl (C=O) groups is 3. The first-order valence-electron chi connectivity index (χ1n) is 15.1. The molecule has 2 saturated heterocycles. The van der Waals surface area contributed by atoms with E-state index in [0.717, 1.165) is 11.1 Å². The first kappa shape index (κ1) is 29.5. The molecular weight excluding hydrogens is 562 g/mol. The third-order valence-electron chi connectivity index (χ3n) is 8.43. The Morgan fingerprint density at radius 1 is 0.932 bits per heavy atom. The van der Waals surface area contributed by atoms with Gasteiger partial charge in [-0.05, 0) is 66.4 Å². The minimum absolute atomic E-state index is 0.0682. The van der Waals surface area contributed by atoms with Crippen LogP contribution in [0.5, 0.6) is 17.2 Å². The van der Waals surface area contributed by atoms with Crippen LogP contribution in [-0.2, 0) is 20.9 Å². The number of piperidine rings is 1. The zero-order valence-corrected chi connectivity index (χ0v) is 24.8. The van der Waals surface area contributed by atoms with Gasteiger partial charge in [0.15, 0.2) is 6.61 Å². The molecule has 0 radical (unpaired) electrons. The fourth-order valence-corrected chi connectivity index (χ4v) is 5.95. The molecule has 10 heteroatoms. The molecule has 3 amide bonds. The Morgan fingerprint density at radius 3 is 2.55 bits per heavy atom. The molecule has 3 aromatic carbocycles. The van der Waals surface area contributed by atoms with Gasteiger partial charge in [-0.1, -0.05) is 24.3 Å². The third kappa shape index (κ3) is 6.81. The number of rotatable bonds is 2. The predicted octanol–water partition coefficient (Wildman–Crippen LogP) is 3.58. The molecule has 4 heterocycles. The molecule has 0 spiro atoms. The van der Waals surface area contributed by atoms with E-state index in [0.29, 0.717) is 80.5 Å². The lowest BCUT2D eigenvalue weighted by atomic mass is 9.95. The molecule has 230 valence electrons. The summed E-state index contributed by atoms with van der Waals surface area (Å²) in [5.41, 5.74) is 2.83. The number of likely N-dealkylation sites (tertiary alicyclic amines) is 1. The predicted molar refractivity (Wildman–Crippen MR) is 163 cm³/mol. The monoisotopic (exact) mass is 599 g/mol. The smallest absolute Gasteiger partial charge is 0.258 e. The average molecular weight is 600 g/mol. The van der Waals surface area contributed by atoms with Gasteiger partial charge in [0.05, 0.1) is 13.2 Å². The van der Waals surface area contributed by atoms with Gasteiger partial charge in [0.1, 0.15) is 23.4 Å². The van der Waals surface area contributed by atoms with E-state index in [1.165, 1.54) is 0 Å². The van der Waals surface area contributed by atoms with E-state index < -0.39 is 6.04 Å². The molecule has 0 aliphatic carbocycles. The number of amides is 3. The Labute approximate surface area is 256 Å². The van der Waals surface area contributed by atoms with Crippen LogP contribution in [0.2, 0.25) is 0 Å². The summed E-state index contributed by atoms with van der Waals surface area (Å²) >= 11 is 0. The van der Waals surface area contributed by atoms with E-state index in [1.54, 1.807) is 31.4 Å². The van der Waals surface area contributed by atoms with Crippen LogP contribution in [-0.4, -0.2) is 74.8 Å². The van der Waals surface area contributed by atoms with Gasteiger partial charge in [-0.25, -0.2) is 0 Å². The van der Waals surface area contributed by atoms with Crippen molar-refractivity contribution in [1.29, 1.82) is 0 Å². The molecule has 0 unspecified atom stereocenters. The standard InChI is InChI=1S/C34H37N3O7/c1-41-30-10-7-25-18-28(30)24-3-2-4-27(17-24)43-21-32(38)35-19-22-5-8-26(9-6-22)44-31-11-14-37(20-29(31)36-33(25)39)34(40)23-12-15-42-16-13-23/h2-10,17-18,23,29,31H,11-16,19-21H2,1H3,(H,35,38)(H,36,39)/t29-,31-/m1/s1. The number of nitrogens with zero attached hydrogens (tertiary/aromatic N) is 1. The van der Waals surface area contributed by atoms with E-state index in [1.807, 2.05) is 47.4 Å². The molecule has 6 bridgehead atoms. The summed E-state index contributed by atoms with van der Waals surface area (Å²) in [6.07, 6.45) is 1.64. The SMILES string of the molecule is COc1ccc2cc1-c1cccc(c1)OCC(=O)NCc1ccc(cc1)O[C@@H]1CCN(C(=O)C3CCOCC3)C[C@H]1NC2=O. The maximum absolute atomic E-state index is 13.8. The maximum atomic E-state index is 13.8. The second kappa shape index (κ2) is 13.4. The van der Waals surface area contributed by atoms with Gasteiger partial charge in [0.2, 0.25) is 5.91 Å². The molecule has 0 aromatic heterocycles. The lowest BCUT2D eigenvalue weighted by Crippen LogP contribution is -2.59. The lowest BCUT2D eigenvalue weighted by molar-refractivity contribution is -0.141. The number of ether oxygens (including phenoxy) is 4. The normalized spacial score (nSPS) is 21.2. The number of carbonyl (C=O) groups excluding carboxylic acids is 3. The Kier molecular flexibility index (Phi) is 8.97. The lowest BCUT2D eigenvalue weighted by Gasteiger charge is -2.40. The molecule has 4 aliphatic rings. The highest BCUT2D eigenvalue weighted by molar-refractivity contribution is 5.96. The minimum Gasteiger partial charge on any atom is -0.496 e. The Balaban J connectivity index is 1.32. The van der Waals surface area contributed by atoms with E-state index >= 15 is 0 Å². The molecule has 44 heavy (non-hydrogen) atoms. The zero-order valence-electron chi connectivity index (χ0n) is 24.8. The zero-order chi connectivity index (χ0) is 30.5. The molecule has 7 rings (SSSR count). The van der Waals surface area contributed by atoms with Gasteiger partial charge in [0, 0.05) is 56.3 Å². The van der Waals surface area contributed by atoms with Crippen LogP contribution in [0.3, 0.4) is 0 Å². The van der Waals surface area contributed by atoms with Crippen molar-refractivity contribution in [3.8, 4) is 28.4 Å². The van der Waals surface area contributed by atoms with Gasteiger partial charge < -0.3 is 34.5 Å². The van der Waals surface area contributed by atoms with Crippen molar-refractivity contribution in [3.05, 3.63) is 77.9 Å². The van der Waals surface area contributed by atoms with E-state index in [2.05, 4.69) is 10.6 Å². The van der Waals surface area contributed by atoms with Crippen molar-refractivity contribution in [2.24, 2.45) is 5.92 Å². The summed E-state index contributed by atoms with van der Waals surface area (Å²) < 4.78 is 23.3. The number of hydrogen-bond acceptors (Lipinski definition) is 7. The quantitative estimate of drug-likeness (QED) is 0.463. The second-order valence-electron chi connectivity index (χ2n) is 11.3. The number of fused-ring (bicyclic) bond motifs is 7. The first-order valence-corrected chi connectivity index (χ1v) is 15.1. The first-order chi connectivity index (χ1) is 21.5. The summed E-state index contributed by atoms with van der Waals surface area (Å²) in [5, 5.41) is 6.07.